The average molecular weight is 473 g/mol. The molecule has 1 N–H and O–H groups in total. The minimum atomic E-state index is -0.392. The Labute approximate surface area is 178 Å². The number of halogens is 3. The highest BCUT2D eigenvalue weighted by molar-refractivity contribution is 9.10. The fraction of sp³-hybridized carbons (Fsp3) is 0.429. The molecule has 0 aromatic heterocycles. The van der Waals surface area contributed by atoms with E-state index in [0.717, 1.165) is 36.0 Å². The molecule has 0 saturated carbocycles. The van der Waals surface area contributed by atoms with E-state index in [1.807, 2.05) is 19.1 Å². The van der Waals surface area contributed by atoms with Crippen LogP contribution in [0.3, 0.4) is 0 Å². The molecule has 0 amide bonds. The van der Waals surface area contributed by atoms with Crippen LogP contribution >= 0.6 is 27.5 Å². The van der Waals surface area contributed by atoms with E-state index in [2.05, 4.69) is 21.2 Å². The number of hydrogen-bond donors (Lipinski definition) is 1. The molecule has 7 heteroatoms. The first-order valence-electron chi connectivity index (χ1n) is 9.41. The van der Waals surface area contributed by atoms with Crippen LogP contribution in [-0.4, -0.2) is 25.9 Å². The third-order valence-electron chi connectivity index (χ3n) is 4.52. The highest BCUT2D eigenvalue weighted by atomic mass is 79.9. The Morgan fingerprint density at radius 1 is 1.32 bits per heavy atom. The molecule has 2 aromatic rings. The van der Waals surface area contributed by atoms with Gasteiger partial charge in [0.15, 0.2) is 11.5 Å². The van der Waals surface area contributed by atoms with E-state index in [-0.39, 0.29) is 6.61 Å². The summed E-state index contributed by atoms with van der Waals surface area (Å²) in [5.41, 5.74) is 1.38. The average Bonchev–Trinajstić information content (AvgIpc) is 3.17. The molecule has 0 radical (unpaired) electrons. The van der Waals surface area contributed by atoms with Crippen LogP contribution in [0.1, 0.15) is 30.9 Å². The second-order valence-corrected chi connectivity index (χ2v) is 7.85. The van der Waals surface area contributed by atoms with Crippen molar-refractivity contribution in [3.8, 4) is 11.5 Å². The molecule has 4 nitrogen and oxygen atoms in total. The highest BCUT2D eigenvalue weighted by Gasteiger charge is 2.17. The van der Waals surface area contributed by atoms with E-state index < -0.39 is 5.82 Å². The van der Waals surface area contributed by atoms with E-state index in [4.69, 9.17) is 25.8 Å². The van der Waals surface area contributed by atoms with Crippen molar-refractivity contribution in [1.29, 1.82) is 0 Å². The standard InChI is InChI=1S/C21H24BrClFNO3/c1-2-26-20-10-14(11-25-12-15-5-4-8-27-15)9-17(22)21(20)28-13-16-18(23)6-3-7-19(16)24/h3,6-7,9-10,15,25H,2,4-5,8,11-13H2,1H3. The molecule has 1 aliphatic rings. The number of benzene rings is 2. The fourth-order valence-electron chi connectivity index (χ4n) is 3.12. The molecular weight excluding hydrogens is 449 g/mol. The zero-order valence-electron chi connectivity index (χ0n) is 15.8. The summed E-state index contributed by atoms with van der Waals surface area (Å²) in [6.07, 6.45) is 2.53. The second-order valence-electron chi connectivity index (χ2n) is 6.59. The van der Waals surface area contributed by atoms with Crippen molar-refractivity contribution in [2.45, 2.75) is 39.0 Å². The van der Waals surface area contributed by atoms with E-state index >= 15 is 0 Å². The normalized spacial score (nSPS) is 16.4. The SMILES string of the molecule is CCOc1cc(CNCC2CCCO2)cc(Br)c1OCc1c(F)cccc1Cl. The Balaban J connectivity index is 1.69. The van der Waals surface area contributed by atoms with E-state index in [9.17, 15) is 4.39 Å². The van der Waals surface area contributed by atoms with Gasteiger partial charge in [-0.3, -0.25) is 0 Å². The molecule has 1 saturated heterocycles. The summed E-state index contributed by atoms with van der Waals surface area (Å²) in [6.45, 7) is 4.79. The lowest BCUT2D eigenvalue weighted by molar-refractivity contribution is 0.110. The van der Waals surface area contributed by atoms with Crippen molar-refractivity contribution in [3.05, 3.63) is 56.8 Å². The number of ether oxygens (including phenoxy) is 3. The van der Waals surface area contributed by atoms with Crippen LogP contribution in [0.15, 0.2) is 34.8 Å². The first kappa shape index (κ1) is 21.4. The van der Waals surface area contributed by atoms with Gasteiger partial charge in [-0.2, -0.15) is 0 Å². The summed E-state index contributed by atoms with van der Waals surface area (Å²) in [7, 11) is 0. The van der Waals surface area contributed by atoms with Gasteiger partial charge in [0.2, 0.25) is 0 Å². The lowest BCUT2D eigenvalue weighted by Crippen LogP contribution is -2.25. The zero-order chi connectivity index (χ0) is 19.9. The van der Waals surface area contributed by atoms with E-state index in [1.165, 1.54) is 6.07 Å². The maximum atomic E-state index is 14.0. The van der Waals surface area contributed by atoms with Crippen molar-refractivity contribution in [2.75, 3.05) is 19.8 Å². The predicted octanol–water partition coefficient (Wildman–Crippen LogP) is 5.49. The van der Waals surface area contributed by atoms with Gasteiger partial charge in [-0.05, 0) is 65.5 Å². The first-order valence-corrected chi connectivity index (χ1v) is 10.6. The lowest BCUT2D eigenvalue weighted by Gasteiger charge is -2.17. The monoisotopic (exact) mass is 471 g/mol. The van der Waals surface area contributed by atoms with Crippen molar-refractivity contribution in [3.63, 3.8) is 0 Å². The quantitative estimate of drug-likeness (QED) is 0.524. The van der Waals surface area contributed by atoms with Gasteiger partial charge in [0.05, 0.1) is 22.2 Å². The Hall–Kier alpha value is -1.34. The Morgan fingerprint density at radius 2 is 2.18 bits per heavy atom. The van der Waals surface area contributed by atoms with Crippen LogP contribution in [0.25, 0.3) is 0 Å². The first-order chi connectivity index (χ1) is 13.6. The highest BCUT2D eigenvalue weighted by Crippen LogP contribution is 2.38. The summed E-state index contributed by atoms with van der Waals surface area (Å²) in [5, 5.41) is 3.76. The summed E-state index contributed by atoms with van der Waals surface area (Å²) in [5.74, 6) is 0.749. The molecule has 1 heterocycles. The molecule has 2 aromatic carbocycles. The maximum absolute atomic E-state index is 14.0. The fourth-order valence-corrected chi connectivity index (χ4v) is 3.95. The minimum absolute atomic E-state index is 0.0147. The van der Waals surface area contributed by atoms with Gasteiger partial charge < -0.3 is 19.5 Å². The summed E-state index contributed by atoms with van der Waals surface area (Å²) >= 11 is 9.64. The third kappa shape index (κ3) is 5.60. The smallest absolute Gasteiger partial charge is 0.175 e. The summed E-state index contributed by atoms with van der Waals surface area (Å²) < 4.78 is 32.0. The topological polar surface area (TPSA) is 39.7 Å². The molecule has 0 aliphatic carbocycles. The molecule has 3 rings (SSSR count). The summed E-state index contributed by atoms with van der Waals surface area (Å²) in [6, 6.07) is 8.50. The lowest BCUT2D eigenvalue weighted by atomic mass is 10.2. The number of nitrogens with one attached hydrogen (secondary N) is 1. The number of hydrogen-bond acceptors (Lipinski definition) is 4. The van der Waals surface area contributed by atoms with Crippen LogP contribution in [0, 0.1) is 5.82 Å². The van der Waals surface area contributed by atoms with Crippen molar-refractivity contribution < 1.29 is 18.6 Å². The van der Waals surface area contributed by atoms with Gasteiger partial charge in [0, 0.05) is 25.3 Å². The van der Waals surface area contributed by atoms with Gasteiger partial charge in [-0.25, -0.2) is 4.39 Å². The molecule has 0 spiro atoms. The number of rotatable bonds is 9. The minimum Gasteiger partial charge on any atom is -0.490 e. The van der Waals surface area contributed by atoms with Gasteiger partial charge in [0.25, 0.3) is 0 Å². The van der Waals surface area contributed by atoms with Gasteiger partial charge in [0.1, 0.15) is 12.4 Å². The van der Waals surface area contributed by atoms with Gasteiger partial charge in [-0.15, -0.1) is 0 Å². The van der Waals surface area contributed by atoms with Crippen molar-refractivity contribution in [1.82, 2.24) is 5.32 Å². The molecule has 1 atom stereocenters. The van der Waals surface area contributed by atoms with Gasteiger partial charge >= 0.3 is 0 Å². The molecular formula is C21H24BrClFNO3. The van der Waals surface area contributed by atoms with Crippen molar-refractivity contribution in [2.24, 2.45) is 0 Å². The van der Waals surface area contributed by atoms with Crippen LogP contribution in [-0.2, 0) is 17.9 Å². The van der Waals surface area contributed by atoms with Crippen LogP contribution in [0.2, 0.25) is 5.02 Å². The molecule has 1 fully saturated rings. The molecule has 152 valence electrons. The van der Waals surface area contributed by atoms with Crippen LogP contribution < -0.4 is 14.8 Å². The van der Waals surface area contributed by atoms with Crippen molar-refractivity contribution >= 4 is 27.5 Å². The largest absolute Gasteiger partial charge is 0.490 e. The molecule has 28 heavy (non-hydrogen) atoms. The van der Waals surface area contributed by atoms with E-state index in [1.54, 1.807) is 12.1 Å². The maximum Gasteiger partial charge on any atom is 0.175 e. The second kappa shape index (κ2) is 10.4. The summed E-state index contributed by atoms with van der Waals surface area (Å²) in [4.78, 5) is 0. The predicted molar refractivity (Wildman–Crippen MR) is 112 cm³/mol. The van der Waals surface area contributed by atoms with Crippen LogP contribution in [0.4, 0.5) is 4.39 Å². The van der Waals surface area contributed by atoms with Crippen LogP contribution in [0.5, 0.6) is 11.5 Å². The Morgan fingerprint density at radius 3 is 2.89 bits per heavy atom. The molecule has 0 bridgehead atoms. The van der Waals surface area contributed by atoms with Gasteiger partial charge in [-0.1, -0.05) is 17.7 Å². The molecule has 1 aliphatic heterocycles. The molecule has 1 unspecified atom stereocenters. The zero-order valence-corrected chi connectivity index (χ0v) is 18.1. The Kier molecular flexibility index (Phi) is 7.97. The Bertz CT molecular complexity index is 779. The van der Waals surface area contributed by atoms with E-state index in [0.29, 0.717) is 41.3 Å². The third-order valence-corrected chi connectivity index (χ3v) is 5.46.